The highest BCUT2D eigenvalue weighted by atomic mass is 32.1. The Morgan fingerprint density at radius 2 is 1.22 bits per heavy atom. The van der Waals surface area contributed by atoms with Crippen LogP contribution in [0.3, 0.4) is 0 Å². The van der Waals surface area contributed by atoms with Crippen LogP contribution in [0.15, 0.2) is 96.0 Å². The van der Waals surface area contributed by atoms with Crippen molar-refractivity contribution in [1.82, 2.24) is 19.6 Å². The Morgan fingerprint density at radius 3 is 1.94 bits per heavy atom. The number of ether oxygens (including phenoxy) is 1. The van der Waals surface area contributed by atoms with E-state index < -0.39 is 0 Å². The summed E-state index contributed by atoms with van der Waals surface area (Å²) in [5, 5.41) is 16.2. The summed E-state index contributed by atoms with van der Waals surface area (Å²) < 4.78 is 15.3. The van der Waals surface area contributed by atoms with E-state index in [-0.39, 0.29) is 0 Å². The van der Waals surface area contributed by atoms with Crippen LogP contribution in [0.2, 0.25) is 0 Å². The van der Waals surface area contributed by atoms with Crippen molar-refractivity contribution in [3.63, 3.8) is 0 Å². The molecule has 0 spiro atoms. The third kappa shape index (κ3) is 3.05. The highest BCUT2D eigenvalue weighted by Crippen LogP contribution is 2.38. The average Bonchev–Trinajstić information content (AvgIpc) is 3.69. The van der Waals surface area contributed by atoms with E-state index in [0.29, 0.717) is 0 Å². The minimum absolute atomic E-state index is 0.759. The van der Waals surface area contributed by atoms with Gasteiger partial charge in [0.25, 0.3) is 0 Å². The van der Waals surface area contributed by atoms with Gasteiger partial charge in [-0.2, -0.15) is 21.5 Å². The molecule has 8 heteroatoms. The van der Waals surface area contributed by atoms with Crippen LogP contribution in [-0.4, -0.2) is 19.6 Å². The monoisotopic (exact) mass is 520 g/mol. The predicted octanol–water partition coefficient (Wildman–Crippen LogP) is 8.65. The molecule has 0 fully saturated rings. The van der Waals surface area contributed by atoms with Crippen LogP contribution < -0.4 is 4.74 Å². The molecule has 0 aliphatic carbocycles. The summed E-state index contributed by atoms with van der Waals surface area (Å²) >= 11 is 5.27. The number of thiophene rings is 3. The summed E-state index contributed by atoms with van der Waals surface area (Å²) in [6, 6.07) is 24.6. The van der Waals surface area contributed by atoms with E-state index in [2.05, 4.69) is 57.4 Å². The maximum absolute atomic E-state index is 6.33. The smallest absolute Gasteiger partial charge is 0.129 e. The lowest BCUT2D eigenvalue weighted by molar-refractivity contribution is 0.482. The third-order valence-corrected chi connectivity index (χ3v) is 9.36. The Balaban J connectivity index is 1.17. The fraction of sp³-hybridized carbons (Fsp3) is 0. The molecule has 5 heterocycles. The van der Waals surface area contributed by atoms with Gasteiger partial charge in [-0.05, 0) is 30.3 Å². The van der Waals surface area contributed by atoms with Gasteiger partial charge in [0.2, 0.25) is 0 Å². The van der Waals surface area contributed by atoms with Gasteiger partial charge in [0.1, 0.15) is 11.5 Å². The summed E-state index contributed by atoms with van der Waals surface area (Å²) in [4.78, 5) is 0. The van der Waals surface area contributed by atoms with E-state index in [1.54, 1.807) is 34.0 Å². The molecule has 36 heavy (non-hydrogen) atoms. The normalized spacial score (nSPS) is 11.9. The Hall–Kier alpha value is -3.98. The largest absolute Gasteiger partial charge is 0.457 e. The van der Waals surface area contributed by atoms with Crippen molar-refractivity contribution in [2.75, 3.05) is 0 Å². The summed E-state index contributed by atoms with van der Waals surface area (Å²) in [5.41, 5.74) is 4.23. The number of nitrogens with zero attached hydrogens (tertiary/aromatic N) is 4. The van der Waals surface area contributed by atoms with E-state index in [1.165, 1.54) is 29.6 Å². The van der Waals surface area contributed by atoms with Gasteiger partial charge in [-0.25, -0.2) is 9.36 Å². The van der Waals surface area contributed by atoms with Gasteiger partial charge in [-0.3, -0.25) is 0 Å². The zero-order chi connectivity index (χ0) is 23.6. The van der Waals surface area contributed by atoms with Gasteiger partial charge in [-0.1, -0.05) is 30.3 Å². The van der Waals surface area contributed by atoms with Crippen molar-refractivity contribution >= 4 is 74.6 Å². The molecule has 0 radical (unpaired) electrons. The Bertz CT molecular complexity index is 2060. The second-order valence-electron chi connectivity index (χ2n) is 8.49. The van der Waals surface area contributed by atoms with Gasteiger partial charge < -0.3 is 4.74 Å². The second-order valence-corrected chi connectivity index (χ2v) is 11.4. The van der Waals surface area contributed by atoms with Crippen LogP contribution in [0.25, 0.3) is 52.0 Å². The number of hydrogen-bond donors (Lipinski definition) is 0. The third-order valence-electron chi connectivity index (χ3n) is 6.29. The molecule has 0 unspecified atom stereocenters. The van der Waals surface area contributed by atoms with E-state index in [4.69, 9.17) is 4.74 Å². The standard InChI is InChI=1S/C28H16N4OS3/c1-2-10-23-21(9-1)27-24(35-23)13-29-31(27)17-5-3-7-19(11-17)33-20-8-4-6-18(12-20)32-28-22-15-34-16-26(22)36-25(28)14-30-32/h1-16H. The van der Waals surface area contributed by atoms with Gasteiger partial charge in [0, 0.05) is 43.1 Å². The molecule has 0 bridgehead atoms. The molecule has 0 aliphatic rings. The zero-order valence-corrected chi connectivity index (χ0v) is 21.1. The number of rotatable bonds is 4. The van der Waals surface area contributed by atoms with E-state index in [1.807, 2.05) is 58.2 Å². The zero-order valence-electron chi connectivity index (χ0n) is 18.7. The molecule has 3 aromatic carbocycles. The fourth-order valence-electron chi connectivity index (χ4n) is 4.72. The molecule has 0 atom stereocenters. The molecule has 0 amide bonds. The van der Waals surface area contributed by atoms with Crippen molar-refractivity contribution in [2.24, 2.45) is 0 Å². The predicted molar refractivity (Wildman–Crippen MR) is 151 cm³/mol. The van der Waals surface area contributed by atoms with Gasteiger partial charge >= 0.3 is 0 Å². The first-order valence-corrected chi connectivity index (χ1v) is 14.0. The van der Waals surface area contributed by atoms with Crippen molar-refractivity contribution in [3.05, 3.63) is 96.0 Å². The maximum atomic E-state index is 6.33. The molecule has 5 nitrogen and oxygen atoms in total. The summed E-state index contributed by atoms with van der Waals surface area (Å²) in [5.74, 6) is 1.52. The highest BCUT2D eigenvalue weighted by Gasteiger charge is 2.15. The van der Waals surface area contributed by atoms with Gasteiger partial charge in [0.15, 0.2) is 0 Å². The summed E-state index contributed by atoms with van der Waals surface area (Å²) in [7, 11) is 0. The molecular weight excluding hydrogens is 505 g/mol. The second kappa shape index (κ2) is 7.76. The first-order valence-electron chi connectivity index (χ1n) is 11.4. The SMILES string of the molecule is c1cc(Oc2cccc(-n3ncc4sc5cscc5c43)c2)cc(-n2ncc3sc4ccccc4c32)c1. The molecule has 0 N–H and O–H groups in total. The van der Waals surface area contributed by atoms with E-state index in [0.717, 1.165) is 33.9 Å². The molecule has 8 rings (SSSR count). The van der Waals surface area contributed by atoms with E-state index in [9.17, 15) is 0 Å². The van der Waals surface area contributed by atoms with Gasteiger partial charge in [-0.15, -0.1) is 22.7 Å². The molecule has 0 saturated heterocycles. The van der Waals surface area contributed by atoms with Crippen molar-refractivity contribution in [3.8, 4) is 22.9 Å². The lowest BCUT2D eigenvalue weighted by atomic mass is 10.2. The van der Waals surface area contributed by atoms with Crippen LogP contribution in [0.5, 0.6) is 11.5 Å². The van der Waals surface area contributed by atoms with Crippen molar-refractivity contribution in [2.45, 2.75) is 0 Å². The lowest BCUT2D eigenvalue weighted by Crippen LogP contribution is -1.97. The first kappa shape index (κ1) is 20.2. The van der Waals surface area contributed by atoms with Crippen LogP contribution in [-0.2, 0) is 0 Å². The molecule has 8 aromatic rings. The minimum Gasteiger partial charge on any atom is -0.457 e. The molecule has 0 aliphatic heterocycles. The van der Waals surface area contributed by atoms with Crippen molar-refractivity contribution < 1.29 is 4.74 Å². The Labute approximate surface area is 217 Å². The maximum Gasteiger partial charge on any atom is 0.129 e. The number of benzene rings is 3. The number of aromatic nitrogens is 4. The Morgan fingerprint density at radius 1 is 0.583 bits per heavy atom. The minimum atomic E-state index is 0.759. The van der Waals surface area contributed by atoms with Crippen LogP contribution >= 0.6 is 34.0 Å². The molecule has 5 aromatic heterocycles. The molecule has 0 saturated carbocycles. The van der Waals surface area contributed by atoms with Gasteiger partial charge in [0.05, 0.1) is 44.2 Å². The number of hydrogen-bond acceptors (Lipinski definition) is 6. The van der Waals surface area contributed by atoms with Crippen LogP contribution in [0.1, 0.15) is 0 Å². The van der Waals surface area contributed by atoms with E-state index >= 15 is 0 Å². The topological polar surface area (TPSA) is 44.9 Å². The Kier molecular flexibility index (Phi) is 4.36. The summed E-state index contributed by atoms with van der Waals surface area (Å²) in [6.45, 7) is 0. The van der Waals surface area contributed by atoms with Crippen LogP contribution in [0.4, 0.5) is 0 Å². The number of fused-ring (bicyclic) bond motifs is 6. The summed E-state index contributed by atoms with van der Waals surface area (Å²) in [6.07, 6.45) is 3.89. The average molecular weight is 521 g/mol. The van der Waals surface area contributed by atoms with Crippen LogP contribution in [0, 0.1) is 0 Å². The highest BCUT2D eigenvalue weighted by molar-refractivity contribution is 7.28. The molecular formula is C28H16N4OS3. The molecule has 172 valence electrons. The lowest BCUT2D eigenvalue weighted by Gasteiger charge is -2.10. The fourth-order valence-corrected chi connectivity index (χ4v) is 7.79. The van der Waals surface area contributed by atoms with Crippen molar-refractivity contribution in [1.29, 1.82) is 0 Å². The first-order chi connectivity index (χ1) is 17.8. The quantitative estimate of drug-likeness (QED) is 0.233.